The van der Waals surface area contributed by atoms with Crippen molar-refractivity contribution in [3.8, 4) is 6.07 Å². The van der Waals surface area contributed by atoms with E-state index in [-0.39, 0.29) is 5.78 Å². The van der Waals surface area contributed by atoms with Crippen molar-refractivity contribution in [3.63, 3.8) is 0 Å². The second kappa shape index (κ2) is 5.79. The first-order valence-corrected chi connectivity index (χ1v) is 5.82. The van der Waals surface area contributed by atoms with Crippen LogP contribution < -0.4 is 0 Å². The highest BCUT2D eigenvalue weighted by Gasteiger charge is 2.19. The summed E-state index contributed by atoms with van der Waals surface area (Å²) in [4.78, 5) is 12.1. The molecule has 0 saturated carbocycles. The van der Waals surface area contributed by atoms with Gasteiger partial charge in [-0.05, 0) is 11.1 Å². The van der Waals surface area contributed by atoms with E-state index >= 15 is 0 Å². The van der Waals surface area contributed by atoms with Crippen molar-refractivity contribution in [2.24, 2.45) is 0 Å². The summed E-state index contributed by atoms with van der Waals surface area (Å²) in [7, 11) is 0. The Morgan fingerprint density at radius 3 is 2.11 bits per heavy atom. The number of hydrogen-bond acceptors (Lipinski definition) is 2. The van der Waals surface area contributed by atoms with Crippen LogP contribution in [0, 0.1) is 11.3 Å². The highest BCUT2D eigenvalue weighted by Crippen LogP contribution is 2.17. The second-order valence-corrected chi connectivity index (χ2v) is 4.10. The van der Waals surface area contributed by atoms with Gasteiger partial charge >= 0.3 is 0 Å². The molecule has 1 atom stereocenters. The van der Waals surface area contributed by atoms with Crippen LogP contribution in [0.4, 0.5) is 0 Å². The lowest BCUT2D eigenvalue weighted by atomic mass is 9.92. The Labute approximate surface area is 107 Å². The average molecular weight is 235 g/mol. The van der Waals surface area contributed by atoms with Crippen molar-refractivity contribution in [2.45, 2.75) is 12.3 Å². The van der Waals surface area contributed by atoms with Crippen LogP contribution in [0.2, 0.25) is 0 Å². The number of nitrogens with zero attached hydrogens (tertiary/aromatic N) is 1. The first kappa shape index (κ1) is 12.1. The molecule has 88 valence electrons. The maximum absolute atomic E-state index is 12.1. The minimum Gasteiger partial charge on any atom is -0.297 e. The van der Waals surface area contributed by atoms with E-state index in [9.17, 15) is 4.79 Å². The Morgan fingerprint density at radius 2 is 1.56 bits per heavy atom. The van der Waals surface area contributed by atoms with Crippen LogP contribution >= 0.6 is 0 Å². The summed E-state index contributed by atoms with van der Waals surface area (Å²) in [6.45, 7) is 0. The lowest BCUT2D eigenvalue weighted by Crippen LogP contribution is -2.13. The maximum Gasteiger partial charge on any atom is 0.158 e. The van der Waals surface area contributed by atoms with Gasteiger partial charge in [0.25, 0.3) is 0 Å². The molecule has 0 aliphatic heterocycles. The number of Topliss-reactive ketones (excluding diaryl/α,β-unsaturated/α-hetero) is 1. The Kier molecular flexibility index (Phi) is 3.88. The number of ketones is 1. The second-order valence-electron chi connectivity index (χ2n) is 4.10. The Hall–Kier alpha value is -2.40. The number of nitriles is 1. The standard InChI is InChI=1S/C16H13NO/c17-12-15(14-9-5-2-6-10-14)16(18)11-13-7-3-1-4-8-13/h1-10,15H,11H2/t15-/m1/s1. The molecule has 0 fully saturated rings. The predicted octanol–water partition coefficient (Wildman–Crippen LogP) is 3.11. The zero-order chi connectivity index (χ0) is 12.8. The quantitative estimate of drug-likeness (QED) is 0.817. The molecule has 2 aromatic carbocycles. The van der Waals surface area contributed by atoms with Gasteiger partial charge in [0.2, 0.25) is 0 Å². The lowest BCUT2D eigenvalue weighted by Gasteiger charge is -2.08. The molecule has 2 nitrogen and oxygen atoms in total. The molecular formula is C16H13NO. The molecule has 0 radical (unpaired) electrons. The van der Waals surface area contributed by atoms with E-state index < -0.39 is 5.92 Å². The molecule has 0 saturated heterocycles. The Bertz CT molecular complexity index is 555. The normalized spacial score (nSPS) is 11.5. The molecular weight excluding hydrogens is 222 g/mol. The van der Waals surface area contributed by atoms with E-state index in [4.69, 9.17) is 5.26 Å². The molecule has 0 bridgehead atoms. The molecule has 0 spiro atoms. The number of carbonyl (C=O) groups is 1. The molecule has 2 aromatic rings. The van der Waals surface area contributed by atoms with Crippen LogP contribution in [0.15, 0.2) is 60.7 Å². The summed E-state index contributed by atoms with van der Waals surface area (Å²) in [6.07, 6.45) is 0.300. The van der Waals surface area contributed by atoms with Gasteiger partial charge in [-0.3, -0.25) is 4.79 Å². The number of rotatable bonds is 4. The molecule has 0 heterocycles. The molecule has 0 aromatic heterocycles. The molecule has 18 heavy (non-hydrogen) atoms. The van der Waals surface area contributed by atoms with Gasteiger partial charge in [-0.1, -0.05) is 60.7 Å². The van der Waals surface area contributed by atoms with Gasteiger partial charge in [0.15, 0.2) is 5.78 Å². The maximum atomic E-state index is 12.1. The van der Waals surface area contributed by atoms with Crippen molar-refractivity contribution in [3.05, 3.63) is 71.8 Å². The third kappa shape index (κ3) is 2.83. The number of hydrogen-bond donors (Lipinski definition) is 0. The number of carbonyl (C=O) groups excluding carboxylic acids is 1. The Balaban J connectivity index is 2.15. The van der Waals surface area contributed by atoms with Crippen LogP contribution in [0.25, 0.3) is 0 Å². The van der Waals surface area contributed by atoms with E-state index in [1.54, 1.807) is 0 Å². The van der Waals surface area contributed by atoms with E-state index in [2.05, 4.69) is 6.07 Å². The summed E-state index contributed by atoms with van der Waals surface area (Å²) in [5, 5.41) is 9.16. The molecule has 0 N–H and O–H groups in total. The largest absolute Gasteiger partial charge is 0.297 e. The zero-order valence-corrected chi connectivity index (χ0v) is 9.91. The molecule has 2 heteroatoms. The third-order valence-electron chi connectivity index (χ3n) is 2.81. The minimum absolute atomic E-state index is 0.0603. The van der Waals surface area contributed by atoms with Crippen LogP contribution in [-0.4, -0.2) is 5.78 Å². The number of benzene rings is 2. The van der Waals surface area contributed by atoms with Crippen LogP contribution in [0.1, 0.15) is 17.0 Å². The minimum atomic E-state index is -0.675. The van der Waals surface area contributed by atoms with E-state index in [0.717, 1.165) is 11.1 Å². The first-order chi connectivity index (χ1) is 8.81. The van der Waals surface area contributed by atoms with Gasteiger partial charge in [-0.25, -0.2) is 0 Å². The third-order valence-corrected chi connectivity index (χ3v) is 2.81. The fourth-order valence-corrected chi connectivity index (χ4v) is 1.88. The summed E-state index contributed by atoms with van der Waals surface area (Å²) in [5.41, 5.74) is 1.71. The van der Waals surface area contributed by atoms with Gasteiger partial charge in [-0.15, -0.1) is 0 Å². The van der Waals surface area contributed by atoms with Crippen LogP contribution in [0.5, 0.6) is 0 Å². The smallest absolute Gasteiger partial charge is 0.158 e. The molecule has 2 rings (SSSR count). The summed E-state index contributed by atoms with van der Waals surface area (Å²) >= 11 is 0. The SMILES string of the molecule is N#C[C@@H](C(=O)Cc1ccccc1)c1ccccc1. The van der Waals surface area contributed by atoms with Crippen LogP contribution in [0.3, 0.4) is 0 Å². The topological polar surface area (TPSA) is 40.9 Å². The lowest BCUT2D eigenvalue weighted by molar-refractivity contribution is -0.118. The molecule has 0 aliphatic rings. The fourth-order valence-electron chi connectivity index (χ4n) is 1.88. The van der Waals surface area contributed by atoms with Crippen LogP contribution in [-0.2, 0) is 11.2 Å². The summed E-state index contributed by atoms with van der Waals surface area (Å²) in [5.74, 6) is -0.735. The monoisotopic (exact) mass is 235 g/mol. The van der Waals surface area contributed by atoms with Crippen molar-refractivity contribution < 1.29 is 4.79 Å². The van der Waals surface area contributed by atoms with Crippen molar-refractivity contribution in [1.29, 1.82) is 5.26 Å². The summed E-state index contributed by atoms with van der Waals surface area (Å²) in [6, 6.07) is 20.8. The van der Waals surface area contributed by atoms with Gasteiger partial charge in [0.05, 0.1) is 6.07 Å². The van der Waals surface area contributed by atoms with E-state index in [1.807, 2.05) is 60.7 Å². The highest BCUT2D eigenvalue weighted by molar-refractivity contribution is 5.90. The van der Waals surface area contributed by atoms with Gasteiger partial charge in [0, 0.05) is 6.42 Å². The molecule has 0 unspecified atom stereocenters. The Morgan fingerprint density at radius 1 is 1.00 bits per heavy atom. The molecule has 0 amide bonds. The van der Waals surface area contributed by atoms with Crippen molar-refractivity contribution in [2.75, 3.05) is 0 Å². The van der Waals surface area contributed by atoms with Gasteiger partial charge < -0.3 is 0 Å². The zero-order valence-electron chi connectivity index (χ0n) is 9.91. The van der Waals surface area contributed by atoms with E-state index in [0.29, 0.717) is 6.42 Å². The predicted molar refractivity (Wildman–Crippen MR) is 69.9 cm³/mol. The van der Waals surface area contributed by atoms with Crippen molar-refractivity contribution >= 4 is 5.78 Å². The summed E-state index contributed by atoms with van der Waals surface area (Å²) < 4.78 is 0. The highest BCUT2D eigenvalue weighted by atomic mass is 16.1. The van der Waals surface area contributed by atoms with Gasteiger partial charge in [-0.2, -0.15) is 5.26 Å². The average Bonchev–Trinajstić information content (AvgIpc) is 2.42. The van der Waals surface area contributed by atoms with Gasteiger partial charge in [0.1, 0.15) is 5.92 Å². The first-order valence-electron chi connectivity index (χ1n) is 5.82. The van der Waals surface area contributed by atoms with E-state index in [1.165, 1.54) is 0 Å². The molecule has 0 aliphatic carbocycles. The fraction of sp³-hybridized carbons (Fsp3) is 0.125. The van der Waals surface area contributed by atoms with Crippen molar-refractivity contribution in [1.82, 2.24) is 0 Å².